The van der Waals surface area contributed by atoms with E-state index < -0.39 is 0 Å². The Kier molecular flexibility index (Phi) is 2.72. The highest BCUT2D eigenvalue weighted by Crippen LogP contribution is 2.08. The summed E-state index contributed by atoms with van der Waals surface area (Å²) in [7, 11) is 2.04. The van der Waals surface area contributed by atoms with E-state index in [0.717, 1.165) is 11.6 Å². The van der Waals surface area contributed by atoms with E-state index >= 15 is 0 Å². The van der Waals surface area contributed by atoms with Gasteiger partial charge in [-0.15, -0.1) is 0 Å². The van der Waals surface area contributed by atoms with Crippen LogP contribution in [0.4, 0.5) is 0 Å². The number of hydrogen-bond donors (Lipinski definition) is 1. The monoisotopic (exact) mass is 156 g/mol. The summed E-state index contributed by atoms with van der Waals surface area (Å²) in [5.74, 6) is 0. The molecule has 0 aromatic heterocycles. The van der Waals surface area contributed by atoms with Gasteiger partial charge < -0.3 is 5.32 Å². The van der Waals surface area contributed by atoms with E-state index in [4.69, 9.17) is 11.6 Å². The van der Waals surface area contributed by atoms with Gasteiger partial charge in [0.25, 0.3) is 0 Å². The SMILES string of the molecule is C[NH2+]Cc1cccc(Cl)c1. The number of rotatable bonds is 2. The maximum atomic E-state index is 5.77. The fraction of sp³-hybridized carbons (Fsp3) is 0.250. The zero-order valence-electron chi connectivity index (χ0n) is 5.97. The van der Waals surface area contributed by atoms with Gasteiger partial charge in [-0.1, -0.05) is 23.7 Å². The van der Waals surface area contributed by atoms with Crippen LogP contribution >= 0.6 is 11.6 Å². The van der Waals surface area contributed by atoms with Crippen molar-refractivity contribution >= 4 is 11.6 Å². The van der Waals surface area contributed by atoms with Crippen molar-refractivity contribution in [3.8, 4) is 0 Å². The summed E-state index contributed by atoms with van der Waals surface area (Å²) in [6, 6.07) is 7.93. The Hall–Kier alpha value is -0.530. The third-order valence-corrected chi connectivity index (χ3v) is 1.56. The summed E-state index contributed by atoms with van der Waals surface area (Å²) in [6.45, 7) is 1.00. The lowest BCUT2D eigenvalue weighted by atomic mass is 10.2. The molecular weight excluding hydrogens is 146 g/mol. The second kappa shape index (κ2) is 3.59. The number of halogens is 1. The van der Waals surface area contributed by atoms with Gasteiger partial charge in [0.05, 0.1) is 7.05 Å². The molecule has 10 heavy (non-hydrogen) atoms. The Morgan fingerprint density at radius 3 is 2.90 bits per heavy atom. The molecule has 1 aromatic carbocycles. The van der Waals surface area contributed by atoms with Crippen LogP contribution in [-0.4, -0.2) is 7.05 Å². The van der Waals surface area contributed by atoms with Crippen LogP contribution in [-0.2, 0) is 6.54 Å². The average Bonchev–Trinajstić information content (AvgIpc) is 1.88. The molecule has 1 rings (SSSR count). The highest BCUT2D eigenvalue weighted by molar-refractivity contribution is 6.30. The Labute approximate surface area is 66.0 Å². The molecule has 0 atom stereocenters. The van der Waals surface area contributed by atoms with Gasteiger partial charge in [0.1, 0.15) is 6.54 Å². The van der Waals surface area contributed by atoms with Crippen molar-refractivity contribution < 1.29 is 5.32 Å². The molecule has 0 saturated heterocycles. The summed E-state index contributed by atoms with van der Waals surface area (Å²) >= 11 is 5.77. The number of benzene rings is 1. The lowest BCUT2D eigenvalue weighted by molar-refractivity contribution is -0.643. The summed E-state index contributed by atoms with van der Waals surface area (Å²) < 4.78 is 0. The van der Waals surface area contributed by atoms with E-state index in [1.54, 1.807) is 0 Å². The molecule has 1 aromatic rings. The fourth-order valence-electron chi connectivity index (χ4n) is 0.900. The minimum Gasteiger partial charge on any atom is -0.345 e. The molecule has 0 aliphatic rings. The highest BCUT2D eigenvalue weighted by atomic mass is 35.5. The van der Waals surface area contributed by atoms with Crippen LogP contribution in [0.5, 0.6) is 0 Å². The molecule has 2 N–H and O–H groups in total. The fourth-order valence-corrected chi connectivity index (χ4v) is 1.11. The van der Waals surface area contributed by atoms with Crippen molar-refractivity contribution in [2.75, 3.05) is 7.05 Å². The van der Waals surface area contributed by atoms with Gasteiger partial charge in [-0.3, -0.25) is 0 Å². The van der Waals surface area contributed by atoms with E-state index in [1.165, 1.54) is 5.56 Å². The number of nitrogens with two attached hydrogens (primary N) is 1. The quantitative estimate of drug-likeness (QED) is 0.659. The van der Waals surface area contributed by atoms with Crippen molar-refractivity contribution in [3.05, 3.63) is 34.9 Å². The van der Waals surface area contributed by atoms with E-state index in [2.05, 4.69) is 11.4 Å². The predicted molar refractivity (Wildman–Crippen MR) is 43.0 cm³/mol. The third kappa shape index (κ3) is 2.01. The van der Waals surface area contributed by atoms with Gasteiger partial charge in [-0.05, 0) is 12.1 Å². The van der Waals surface area contributed by atoms with Gasteiger partial charge in [-0.25, -0.2) is 0 Å². The van der Waals surface area contributed by atoms with Crippen molar-refractivity contribution in [1.29, 1.82) is 0 Å². The molecule has 2 heteroatoms. The van der Waals surface area contributed by atoms with E-state index in [0.29, 0.717) is 0 Å². The van der Waals surface area contributed by atoms with E-state index in [1.807, 2.05) is 25.2 Å². The summed E-state index contributed by atoms with van der Waals surface area (Å²) in [4.78, 5) is 0. The van der Waals surface area contributed by atoms with Gasteiger partial charge in [0.2, 0.25) is 0 Å². The highest BCUT2D eigenvalue weighted by Gasteiger charge is 1.92. The van der Waals surface area contributed by atoms with Crippen molar-refractivity contribution in [3.63, 3.8) is 0 Å². The number of hydrogen-bond acceptors (Lipinski definition) is 0. The summed E-state index contributed by atoms with van der Waals surface area (Å²) in [5, 5.41) is 2.94. The molecule has 0 spiro atoms. The van der Waals surface area contributed by atoms with Crippen LogP contribution in [0.2, 0.25) is 5.02 Å². The largest absolute Gasteiger partial charge is 0.345 e. The maximum Gasteiger partial charge on any atom is 0.101 e. The van der Waals surface area contributed by atoms with Crippen LogP contribution in [0.25, 0.3) is 0 Å². The second-order valence-corrected chi connectivity index (χ2v) is 2.68. The molecule has 0 saturated carbocycles. The molecule has 0 heterocycles. The standard InChI is InChI=1S/C8H10ClN/c1-10-6-7-3-2-4-8(9)5-7/h2-5,10H,6H2,1H3/p+1. The first-order valence-corrected chi connectivity index (χ1v) is 3.73. The minimum absolute atomic E-state index is 0.819. The van der Waals surface area contributed by atoms with Crippen LogP contribution < -0.4 is 5.32 Å². The summed E-state index contributed by atoms with van der Waals surface area (Å²) in [5.41, 5.74) is 1.27. The van der Waals surface area contributed by atoms with Crippen LogP contribution in [0.3, 0.4) is 0 Å². The Bertz CT molecular complexity index is 210. The van der Waals surface area contributed by atoms with Gasteiger partial charge in [-0.2, -0.15) is 0 Å². The molecule has 0 radical (unpaired) electrons. The molecule has 0 unspecified atom stereocenters. The third-order valence-electron chi connectivity index (χ3n) is 1.33. The van der Waals surface area contributed by atoms with Crippen molar-refractivity contribution in [2.45, 2.75) is 6.54 Å². The first kappa shape index (κ1) is 7.58. The van der Waals surface area contributed by atoms with Crippen molar-refractivity contribution in [1.82, 2.24) is 0 Å². The molecule has 0 fully saturated rings. The number of quaternary nitrogens is 1. The predicted octanol–water partition coefficient (Wildman–Crippen LogP) is 1.03. The lowest BCUT2D eigenvalue weighted by Crippen LogP contribution is -2.77. The smallest absolute Gasteiger partial charge is 0.101 e. The molecule has 0 bridgehead atoms. The van der Waals surface area contributed by atoms with Gasteiger partial charge >= 0.3 is 0 Å². The normalized spacial score (nSPS) is 9.80. The second-order valence-electron chi connectivity index (χ2n) is 2.24. The van der Waals surface area contributed by atoms with Gasteiger partial charge in [0.15, 0.2) is 0 Å². The lowest BCUT2D eigenvalue weighted by Gasteiger charge is -1.95. The molecule has 54 valence electrons. The first-order chi connectivity index (χ1) is 4.83. The van der Waals surface area contributed by atoms with E-state index in [9.17, 15) is 0 Å². The van der Waals surface area contributed by atoms with Crippen LogP contribution in [0, 0.1) is 0 Å². The first-order valence-electron chi connectivity index (χ1n) is 3.35. The van der Waals surface area contributed by atoms with Crippen LogP contribution in [0.15, 0.2) is 24.3 Å². The molecule has 0 aliphatic carbocycles. The topological polar surface area (TPSA) is 16.6 Å². The van der Waals surface area contributed by atoms with Gasteiger partial charge in [0, 0.05) is 10.6 Å². The summed E-state index contributed by atoms with van der Waals surface area (Å²) in [6.07, 6.45) is 0. The zero-order valence-corrected chi connectivity index (χ0v) is 6.73. The molecule has 0 amide bonds. The maximum absolute atomic E-state index is 5.77. The Morgan fingerprint density at radius 1 is 1.50 bits per heavy atom. The van der Waals surface area contributed by atoms with Crippen LogP contribution in [0.1, 0.15) is 5.56 Å². The molecule has 0 aliphatic heterocycles. The van der Waals surface area contributed by atoms with Crippen molar-refractivity contribution in [2.24, 2.45) is 0 Å². The zero-order chi connectivity index (χ0) is 7.40. The Balaban J connectivity index is 2.75. The molecule has 1 nitrogen and oxygen atoms in total. The van der Waals surface area contributed by atoms with E-state index in [-0.39, 0.29) is 0 Å². The Morgan fingerprint density at radius 2 is 2.30 bits per heavy atom. The molecular formula is C8H11ClN+. The minimum atomic E-state index is 0.819. The average molecular weight is 157 g/mol.